The quantitative estimate of drug-likeness (QED) is 0.599. The molecule has 170 valence electrons. The first kappa shape index (κ1) is 20.7. The van der Waals surface area contributed by atoms with Gasteiger partial charge in [0.05, 0.1) is 11.1 Å². The Hall–Kier alpha value is -3.89. The number of hydrogen-bond acceptors (Lipinski definition) is 7. The zero-order valence-corrected chi connectivity index (χ0v) is 19.2. The van der Waals surface area contributed by atoms with Crippen LogP contribution >= 0.6 is 0 Å². The Balaban J connectivity index is 1.52. The van der Waals surface area contributed by atoms with Crippen molar-refractivity contribution in [3.63, 3.8) is 0 Å². The second kappa shape index (κ2) is 7.57. The highest BCUT2D eigenvalue weighted by molar-refractivity contribution is 5.78. The topological polar surface area (TPSA) is 85.9 Å². The Morgan fingerprint density at radius 2 is 2.00 bits per heavy atom. The fraction of sp³-hybridized carbons (Fsp3) is 0.296. The molecule has 1 saturated heterocycles. The van der Waals surface area contributed by atoms with Crippen LogP contribution in [-0.2, 0) is 10.3 Å². The standard InChI is InChI=1S/C27H25N5O2/c1-26(2,32-13-4-14-32)10-8-18-9-12-30-24-23(18)27(17-33-25(28)31-27)21-15-19(6-7-22(21)34-24)20-5-3-11-29-16-20/h3,5-7,9,11-12,15-16H,4,13-14,17H2,1-2H3,(H2,28,31). The van der Waals surface area contributed by atoms with E-state index >= 15 is 0 Å². The molecule has 1 aromatic carbocycles. The molecule has 2 aromatic heterocycles. The average Bonchev–Trinajstić information content (AvgIpc) is 3.18. The maximum atomic E-state index is 6.27. The number of nitrogens with two attached hydrogens (primary N) is 1. The van der Waals surface area contributed by atoms with Gasteiger partial charge >= 0.3 is 0 Å². The van der Waals surface area contributed by atoms with Crippen molar-refractivity contribution in [2.45, 2.75) is 31.3 Å². The average molecular weight is 452 g/mol. The van der Waals surface area contributed by atoms with Crippen molar-refractivity contribution < 1.29 is 9.47 Å². The Morgan fingerprint density at radius 3 is 2.71 bits per heavy atom. The lowest BCUT2D eigenvalue weighted by Gasteiger charge is -2.41. The molecule has 34 heavy (non-hydrogen) atoms. The van der Waals surface area contributed by atoms with E-state index in [-0.39, 0.29) is 18.2 Å². The molecule has 3 aliphatic rings. The van der Waals surface area contributed by atoms with Crippen LogP contribution in [0.5, 0.6) is 11.6 Å². The number of hydrogen-bond donors (Lipinski definition) is 1. The minimum absolute atomic E-state index is 0.147. The van der Waals surface area contributed by atoms with Gasteiger partial charge in [-0.2, -0.15) is 0 Å². The maximum absolute atomic E-state index is 6.27. The first-order chi connectivity index (χ1) is 16.5. The van der Waals surface area contributed by atoms with Gasteiger partial charge in [0.25, 0.3) is 6.02 Å². The third-order valence-corrected chi connectivity index (χ3v) is 6.84. The molecule has 7 nitrogen and oxygen atoms in total. The highest BCUT2D eigenvalue weighted by Gasteiger charge is 2.49. The van der Waals surface area contributed by atoms with Gasteiger partial charge in [-0.1, -0.05) is 24.0 Å². The van der Waals surface area contributed by atoms with Crippen molar-refractivity contribution in [3.05, 3.63) is 71.7 Å². The Kier molecular flexibility index (Phi) is 4.61. The molecule has 0 aliphatic carbocycles. The molecule has 0 bridgehead atoms. The second-order valence-electron chi connectivity index (χ2n) is 9.34. The summed E-state index contributed by atoms with van der Waals surface area (Å²) in [5, 5.41) is 0. The molecule has 1 fully saturated rings. The van der Waals surface area contributed by atoms with Crippen molar-refractivity contribution in [1.82, 2.24) is 14.9 Å². The predicted molar refractivity (Wildman–Crippen MR) is 129 cm³/mol. The van der Waals surface area contributed by atoms with E-state index in [0.717, 1.165) is 40.9 Å². The zero-order chi connectivity index (χ0) is 23.3. The number of aromatic nitrogens is 2. The predicted octanol–water partition coefficient (Wildman–Crippen LogP) is 3.67. The van der Waals surface area contributed by atoms with E-state index in [4.69, 9.17) is 20.2 Å². The number of rotatable bonds is 2. The summed E-state index contributed by atoms with van der Waals surface area (Å²) in [7, 11) is 0. The summed E-state index contributed by atoms with van der Waals surface area (Å²) in [5.74, 6) is 8.05. The van der Waals surface area contributed by atoms with E-state index in [2.05, 4.69) is 46.6 Å². The van der Waals surface area contributed by atoms with E-state index < -0.39 is 5.54 Å². The highest BCUT2D eigenvalue weighted by Crippen LogP contribution is 2.52. The van der Waals surface area contributed by atoms with Gasteiger partial charge in [0.15, 0.2) is 5.54 Å². The summed E-state index contributed by atoms with van der Waals surface area (Å²) in [4.78, 5) is 16.0. The van der Waals surface area contributed by atoms with Crippen LogP contribution in [0.3, 0.4) is 0 Å². The Labute approximate surface area is 198 Å². The highest BCUT2D eigenvalue weighted by atomic mass is 16.5. The van der Waals surface area contributed by atoms with Gasteiger partial charge in [0.1, 0.15) is 12.4 Å². The SMILES string of the molecule is CC(C)(C#Cc1ccnc2c1C1(COC(N)=N1)c1cc(-c3cccnc3)ccc1O2)N1CCC1. The number of aliphatic imine (C=N–C) groups is 1. The number of nitrogens with zero attached hydrogens (tertiary/aromatic N) is 4. The van der Waals surface area contributed by atoms with Crippen molar-refractivity contribution in [1.29, 1.82) is 0 Å². The lowest BCUT2D eigenvalue weighted by Crippen LogP contribution is -2.50. The summed E-state index contributed by atoms with van der Waals surface area (Å²) in [6.07, 6.45) is 6.54. The fourth-order valence-corrected chi connectivity index (χ4v) is 4.79. The number of benzene rings is 1. The van der Waals surface area contributed by atoms with E-state index in [1.165, 1.54) is 6.42 Å². The summed E-state index contributed by atoms with van der Waals surface area (Å²) < 4.78 is 12.0. The lowest BCUT2D eigenvalue weighted by molar-refractivity contribution is 0.0955. The molecule has 0 amide bonds. The number of pyridine rings is 2. The number of ether oxygens (including phenoxy) is 2. The summed E-state index contributed by atoms with van der Waals surface area (Å²) in [6.45, 7) is 6.71. The molecule has 3 aliphatic heterocycles. The van der Waals surface area contributed by atoms with Gasteiger partial charge in [-0.15, -0.1) is 0 Å². The van der Waals surface area contributed by atoms with E-state index in [1.54, 1.807) is 12.4 Å². The summed E-state index contributed by atoms with van der Waals surface area (Å²) in [5.41, 5.74) is 9.46. The minimum atomic E-state index is -0.885. The van der Waals surface area contributed by atoms with Crippen LogP contribution in [0.2, 0.25) is 0 Å². The second-order valence-corrected chi connectivity index (χ2v) is 9.34. The molecule has 2 N–H and O–H groups in total. The number of amidine groups is 1. The Bertz CT molecular complexity index is 1370. The normalized spacial score (nSPS) is 20.7. The van der Waals surface area contributed by atoms with Gasteiger partial charge in [0, 0.05) is 48.4 Å². The third kappa shape index (κ3) is 3.22. The molecule has 1 spiro atoms. The van der Waals surface area contributed by atoms with Crippen molar-refractivity contribution >= 4 is 6.02 Å². The molecule has 6 rings (SSSR count). The first-order valence-electron chi connectivity index (χ1n) is 11.4. The summed E-state index contributed by atoms with van der Waals surface area (Å²) >= 11 is 0. The van der Waals surface area contributed by atoms with Crippen LogP contribution in [0.4, 0.5) is 0 Å². The fourth-order valence-electron chi connectivity index (χ4n) is 4.79. The van der Waals surface area contributed by atoms with Crippen LogP contribution in [-0.4, -0.2) is 46.1 Å². The van der Waals surface area contributed by atoms with Gasteiger partial charge in [-0.05, 0) is 50.1 Å². The van der Waals surface area contributed by atoms with Gasteiger partial charge in [0.2, 0.25) is 5.88 Å². The zero-order valence-electron chi connectivity index (χ0n) is 19.2. The van der Waals surface area contributed by atoms with Crippen LogP contribution in [0.1, 0.15) is 37.0 Å². The number of likely N-dealkylation sites (tertiary alicyclic amines) is 1. The maximum Gasteiger partial charge on any atom is 0.283 e. The molecule has 7 heteroatoms. The van der Waals surface area contributed by atoms with Crippen molar-refractivity contribution in [3.8, 4) is 34.6 Å². The smallest absolute Gasteiger partial charge is 0.283 e. The van der Waals surface area contributed by atoms with E-state index in [1.807, 2.05) is 36.5 Å². The largest absolute Gasteiger partial charge is 0.462 e. The molecule has 1 unspecified atom stereocenters. The van der Waals surface area contributed by atoms with Crippen LogP contribution in [0.25, 0.3) is 11.1 Å². The Morgan fingerprint density at radius 1 is 1.12 bits per heavy atom. The minimum Gasteiger partial charge on any atom is -0.462 e. The van der Waals surface area contributed by atoms with E-state index in [9.17, 15) is 0 Å². The van der Waals surface area contributed by atoms with Crippen LogP contribution in [0, 0.1) is 11.8 Å². The molecule has 5 heterocycles. The van der Waals surface area contributed by atoms with Gasteiger partial charge in [-0.25, -0.2) is 9.98 Å². The lowest BCUT2D eigenvalue weighted by atomic mass is 9.79. The van der Waals surface area contributed by atoms with Gasteiger partial charge < -0.3 is 15.2 Å². The van der Waals surface area contributed by atoms with Gasteiger partial charge in [-0.3, -0.25) is 9.88 Å². The van der Waals surface area contributed by atoms with Crippen LogP contribution < -0.4 is 10.5 Å². The number of fused-ring (bicyclic) bond motifs is 4. The molecule has 3 aromatic rings. The molecule has 0 radical (unpaired) electrons. The molecular weight excluding hydrogens is 426 g/mol. The molecule has 0 saturated carbocycles. The first-order valence-corrected chi connectivity index (χ1v) is 11.4. The molecular formula is C27H25N5O2. The molecule has 1 atom stereocenters. The third-order valence-electron chi connectivity index (χ3n) is 6.84. The monoisotopic (exact) mass is 451 g/mol. The van der Waals surface area contributed by atoms with Crippen LogP contribution in [0.15, 0.2) is 60.0 Å². The van der Waals surface area contributed by atoms with E-state index in [0.29, 0.717) is 11.6 Å². The van der Waals surface area contributed by atoms with Crippen molar-refractivity contribution in [2.75, 3.05) is 19.7 Å². The van der Waals surface area contributed by atoms with Crippen molar-refractivity contribution in [2.24, 2.45) is 10.7 Å². The summed E-state index contributed by atoms with van der Waals surface area (Å²) in [6, 6.07) is 12.0.